The van der Waals surface area contributed by atoms with E-state index in [0.717, 1.165) is 25.8 Å². The first-order valence-electron chi connectivity index (χ1n) is 5.65. The molecule has 0 N–H and O–H groups in total. The minimum Gasteiger partial charge on any atom is -0.279 e. The number of rotatable bonds is 2. The van der Waals surface area contributed by atoms with E-state index in [2.05, 4.69) is 27.6 Å². The van der Waals surface area contributed by atoms with E-state index >= 15 is 0 Å². The van der Waals surface area contributed by atoms with Gasteiger partial charge in [-0.2, -0.15) is 0 Å². The molecule has 0 radical (unpaired) electrons. The Morgan fingerprint density at radius 2 is 2.15 bits per heavy atom. The highest BCUT2D eigenvalue weighted by atomic mass is 127. The molecule has 3 rings (SSSR count). The van der Waals surface area contributed by atoms with Crippen LogP contribution in [-0.4, -0.2) is 10.2 Å². The molecular formula is C14H7ClINOS2. The van der Waals surface area contributed by atoms with Crippen LogP contribution in [0.1, 0.15) is 10.4 Å². The Bertz CT molecular complexity index is 738. The third kappa shape index (κ3) is 3.00. The van der Waals surface area contributed by atoms with Crippen LogP contribution in [0.15, 0.2) is 46.4 Å². The van der Waals surface area contributed by atoms with Crippen LogP contribution >= 0.6 is 57.3 Å². The molecule has 0 atom stereocenters. The third-order valence-electron chi connectivity index (χ3n) is 2.60. The van der Waals surface area contributed by atoms with Crippen molar-refractivity contribution in [3.8, 4) is 0 Å². The molecule has 0 fully saturated rings. The summed E-state index contributed by atoms with van der Waals surface area (Å²) >= 11 is 11.1. The number of thioether (sulfide) groups is 1. The molecule has 0 spiro atoms. The number of hydrogen-bond donors (Lipinski definition) is 0. The van der Waals surface area contributed by atoms with E-state index in [4.69, 9.17) is 11.6 Å². The van der Waals surface area contributed by atoms with Crippen molar-refractivity contribution < 1.29 is 4.79 Å². The van der Waals surface area contributed by atoms with Crippen LogP contribution in [0.25, 0.3) is 6.08 Å². The fourth-order valence-electron chi connectivity index (χ4n) is 1.69. The van der Waals surface area contributed by atoms with Crippen molar-refractivity contribution in [2.45, 2.75) is 0 Å². The summed E-state index contributed by atoms with van der Waals surface area (Å²) in [4.78, 5) is 17.5. The van der Waals surface area contributed by atoms with Crippen LogP contribution in [0.4, 0.5) is 0 Å². The highest BCUT2D eigenvalue weighted by molar-refractivity contribution is 14.1. The van der Waals surface area contributed by atoms with E-state index in [1.54, 1.807) is 11.3 Å². The van der Waals surface area contributed by atoms with Gasteiger partial charge >= 0.3 is 0 Å². The van der Waals surface area contributed by atoms with Crippen LogP contribution in [0, 0.1) is 3.57 Å². The Morgan fingerprint density at radius 3 is 2.90 bits per heavy atom. The van der Waals surface area contributed by atoms with Crippen molar-refractivity contribution in [1.29, 1.82) is 0 Å². The molecule has 2 heterocycles. The van der Waals surface area contributed by atoms with Crippen LogP contribution in [0.5, 0.6) is 0 Å². The molecule has 0 saturated heterocycles. The minimum absolute atomic E-state index is 0.0386. The molecule has 1 aliphatic rings. The lowest BCUT2D eigenvalue weighted by Gasteiger charge is -2.02. The average Bonchev–Trinajstić information content (AvgIpc) is 3.04. The van der Waals surface area contributed by atoms with Gasteiger partial charge in [-0.15, -0.1) is 11.3 Å². The Balaban J connectivity index is 2.00. The molecule has 2 nitrogen and oxygen atoms in total. The van der Waals surface area contributed by atoms with E-state index in [1.807, 2.05) is 41.8 Å². The number of carbonyl (C=O) groups excluding carboxylic acids is 1. The molecule has 100 valence electrons. The first-order valence-corrected chi connectivity index (χ1v) is 8.80. The van der Waals surface area contributed by atoms with Crippen molar-refractivity contribution >= 4 is 73.5 Å². The number of aliphatic imine (C=N–C) groups is 1. The maximum atomic E-state index is 12.0. The van der Waals surface area contributed by atoms with Crippen molar-refractivity contribution in [1.82, 2.24) is 0 Å². The number of carbonyl (C=O) groups is 1. The minimum atomic E-state index is -0.0386. The van der Waals surface area contributed by atoms with E-state index in [1.165, 1.54) is 0 Å². The van der Waals surface area contributed by atoms with Gasteiger partial charge in [0, 0.05) is 14.0 Å². The summed E-state index contributed by atoms with van der Waals surface area (Å²) in [6, 6.07) is 9.60. The molecule has 20 heavy (non-hydrogen) atoms. The number of nitrogens with zero attached hydrogens (tertiary/aromatic N) is 1. The monoisotopic (exact) mass is 431 g/mol. The summed E-state index contributed by atoms with van der Waals surface area (Å²) in [5.41, 5.74) is 1.29. The second-order valence-electron chi connectivity index (χ2n) is 3.98. The second-order valence-corrected chi connectivity index (χ2v) is 7.57. The highest BCUT2D eigenvalue weighted by Crippen LogP contribution is 2.32. The quantitative estimate of drug-likeness (QED) is 0.491. The molecule has 6 heteroatoms. The third-order valence-corrected chi connectivity index (χ3v) is 5.32. The molecule has 0 amide bonds. The van der Waals surface area contributed by atoms with E-state index in [9.17, 15) is 4.79 Å². The van der Waals surface area contributed by atoms with Gasteiger partial charge in [0.25, 0.3) is 0 Å². The lowest BCUT2D eigenvalue weighted by Crippen LogP contribution is -1.94. The largest absolute Gasteiger partial charge is 0.279 e. The first kappa shape index (κ1) is 14.3. The van der Waals surface area contributed by atoms with Gasteiger partial charge < -0.3 is 0 Å². The molecular weight excluding hydrogens is 425 g/mol. The lowest BCUT2D eigenvalue weighted by atomic mass is 10.2. The molecule has 1 aliphatic heterocycles. The van der Waals surface area contributed by atoms with Gasteiger partial charge in [-0.1, -0.05) is 17.7 Å². The molecule has 2 aromatic rings. The van der Waals surface area contributed by atoms with E-state index in [-0.39, 0.29) is 5.12 Å². The second kappa shape index (κ2) is 6.01. The van der Waals surface area contributed by atoms with Gasteiger partial charge in [0.05, 0.1) is 5.02 Å². The van der Waals surface area contributed by atoms with Crippen molar-refractivity contribution in [2.24, 2.45) is 4.99 Å². The summed E-state index contributed by atoms with van der Waals surface area (Å²) in [7, 11) is 0. The van der Waals surface area contributed by atoms with Gasteiger partial charge in [0.1, 0.15) is 10.7 Å². The number of benzene rings is 1. The van der Waals surface area contributed by atoms with Gasteiger partial charge in [-0.05, 0) is 70.1 Å². The van der Waals surface area contributed by atoms with Crippen molar-refractivity contribution in [3.05, 3.63) is 60.4 Å². The Morgan fingerprint density at radius 1 is 1.30 bits per heavy atom. The average molecular weight is 432 g/mol. The van der Waals surface area contributed by atoms with Crippen LogP contribution < -0.4 is 0 Å². The standard InChI is InChI=1S/C14H7ClINOS2/c15-11-4-3-8(16)6-10(11)13-17-12(14(18)20-13)7-9-2-1-5-19-9/h1-7H. The maximum absolute atomic E-state index is 12.0. The lowest BCUT2D eigenvalue weighted by molar-refractivity contribution is -0.107. The first-order chi connectivity index (χ1) is 9.63. The van der Waals surface area contributed by atoms with Crippen molar-refractivity contribution in [2.75, 3.05) is 0 Å². The summed E-state index contributed by atoms with van der Waals surface area (Å²) < 4.78 is 1.06. The maximum Gasteiger partial charge on any atom is 0.244 e. The number of hydrogen-bond acceptors (Lipinski definition) is 4. The van der Waals surface area contributed by atoms with E-state index < -0.39 is 0 Å². The zero-order chi connectivity index (χ0) is 14.1. The molecule has 0 unspecified atom stereocenters. The molecule has 0 saturated carbocycles. The summed E-state index contributed by atoms with van der Waals surface area (Å²) in [5.74, 6) is 0. The Hall–Kier alpha value is -0.630. The van der Waals surface area contributed by atoms with Gasteiger partial charge in [0.2, 0.25) is 5.12 Å². The smallest absolute Gasteiger partial charge is 0.244 e. The topological polar surface area (TPSA) is 29.4 Å². The zero-order valence-corrected chi connectivity index (χ0v) is 14.5. The Labute approximate surface area is 143 Å². The van der Waals surface area contributed by atoms with Crippen molar-refractivity contribution in [3.63, 3.8) is 0 Å². The van der Waals surface area contributed by atoms with Gasteiger partial charge in [-0.25, -0.2) is 4.99 Å². The zero-order valence-electron chi connectivity index (χ0n) is 9.97. The van der Waals surface area contributed by atoms with Crippen LogP contribution in [-0.2, 0) is 4.79 Å². The fourth-order valence-corrected chi connectivity index (χ4v) is 3.91. The molecule has 1 aromatic carbocycles. The van der Waals surface area contributed by atoms with Crippen LogP contribution in [0.3, 0.4) is 0 Å². The summed E-state index contributed by atoms with van der Waals surface area (Å²) in [6.07, 6.45) is 1.81. The predicted molar refractivity (Wildman–Crippen MR) is 95.6 cm³/mol. The predicted octanol–water partition coefficient (Wildman–Crippen LogP) is 5.07. The van der Waals surface area contributed by atoms with Gasteiger partial charge in [0.15, 0.2) is 0 Å². The normalized spacial score (nSPS) is 16.8. The number of halogens is 2. The number of thiophene rings is 1. The molecule has 1 aromatic heterocycles. The molecule has 0 bridgehead atoms. The summed E-state index contributed by atoms with van der Waals surface area (Å²) in [5, 5.41) is 3.21. The van der Waals surface area contributed by atoms with Crippen LogP contribution in [0.2, 0.25) is 5.02 Å². The summed E-state index contributed by atoms with van der Waals surface area (Å²) in [6.45, 7) is 0. The fraction of sp³-hybridized carbons (Fsp3) is 0. The Kier molecular flexibility index (Phi) is 4.30. The SMILES string of the molecule is O=C1SC(c2cc(I)ccc2Cl)=NC1=Cc1cccs1. The van der Waals surface area contributed by atoms with Gasteiger partial charge in [-0.3, -0.25) is 4.79 Å². The van der Waals surface area contributed by atoms with E-state index in [0.29, 0.717) is 15.8 Å². The molecule has 0 aliphatic carbocycles. The highest BCUT2D eigenvalue weighted by Gasteiger charge is 2.24.